The zero-order valence-electron chi connectivity index (χ0n) is 71.8. The van der Waals surface area contributed by atoms with Crippen molar-refractivity contribution in [3.8, 4) is 66.8 Å². The quantitative estimate of drug-likeness (QED) is 0.115. The molecular weight excluding hydrogens is 1730 g/mol. The van der Waals surface area contributed by atoms with Crippen LogP contribution in [0.3, 0.4) is 0 Å². The molecule has 12 aromatic rings. The predicted octanol–water partition coefficient (Wildman–Crippen LogP) is 37.6. The van der Waals surface area contributed by atoms with Crippen LogP contribution in [-0.2, 0) is 65.2 Å². The maximum atomic E-state index is 6.32. The van der Waals surface area contributed by atoms with Gasteiger partial charge in [0.25, 0.3) is 0 Å². The van der Waals surface area contributed by atoms with E-state index in [-0.39, 0.29) is 73.6 Å². The Balaban J connectivity index is 0.000000353. The summed E-state index contributed by atoms with van der Waals surface area (Å²) in [6, 6.07) is 86.6. The fraction of sp³-hybridized carbons (Fsp3) is 0.291. The van der Waals surface area contributed by atoms with E-state index >= 15 is 0 Å². The monoisotopic (exact) mass is 1840 g/mol. The summed E-state index contributed by atoms with van der Waals surface area (Å²) in [6.07, 6.45) is 2.00. The van der Waals surface area contributed by atoms with E-state index in [1.54, 1.807) is 6.07 Å². The topological polar surface area (TPSA) is 0 Å². The Morgan fingerprint density at radius 3 is 0.862 bits per heavy atom. The summed E-state index contributed by atoms with van der Waals surface area (Å²) in [5.41, 5.74) is 21.4. The van der Waals surface area contributed by atoms with Crippen LogP contribution in [-0.4, -0.2) is 8.41 Å². The smallest absolute Gasteiger partial charge is 0.0670 e. The standard InChI is InChI=1S/5C16H16Cl2.C16H17Cl.C4H10.C3H7.B.Y/c1-16(2,3)13-9-5-4-7-11(13)12-8-6-10-14(17)15(12)18;1-16(2,3)12-8-5-4-7-11(12)15-13(17)9-6-10-14(15)18;1-16(2,3)14-7-5-4-6-12(14)13-10-11(17)8-9-15(13)18;1-16(2,3)14-7-5-4-6-12(14)13-9-8-11(17)10-15(13)18;1-16(2,3)13-7-5-4-6-12(13)11-8-9-14(17)15(18)10-11;1-16(2,3)14-10-6-4-8-12(14)13-9-5-7-11-15(13)17;1-4(2)3;1-3-2;;/h5*4-10H,1-3H3;4-11H,1-3H3;4H,1-3H3;3H,1-2H3;;/q;;;;;;;-1;;. The molecule has 0 aliphatic rings. The predicted molar refractivity (Wildman–Crippen MR) is 520 cm³/mol. The second kappa shape index (κ2) is 48.0. The molecule has 0 saturated heterocycles. The zero-order chi connectivity index (χ0) is 85.4. The van der Waals surface area contributed by atoms with E-state index in [1.165, 1.54) is 50.1 Å². The van der Waals surface area contributed by atoms with Gasteiger partial charge in [0, 0.05) is 104 Å². The van der Waals surface area contributed by atoms with Gasteiger partial charge in [-0.1, -0.05) is 467 Å². The van der Waals surface area contributed by atoms with Gasteiger partial charge >= 0.3 is 0 Å². The van der Waals surface area contributed by atoms with Crippen LogP contribution in [0.15, 0.2) is 261 Å². The molecule has 116 heavy (non-hydrogen) atoms. The number of halogens is 11. The maximum absolute atomic E-state index is 6.32. The molecule has 12 aromatic carbocycles. The molecule has 4 radical (unpaired) electrons. The second-order valence-corrected chi connectivity index (χ2v) is 39.1. The minimum absolute atomic E-state index is 0. The molecule has 0 N–H and O–H groups in total. The van der Waals surface area contributed by atoms with E-state index in [1.807, 2.05) is 154 Å². The Labute approximate surface area is 780 Å². The normalized spacial score (nSPS) is 11.2. The van der Waals surface area contributed by atoms with Crippen molar-refractivity contribution < 1.29 is 32.7 Å². The minimum atomic E-state index is 0. The second-order valence-electron chi connectivity index (χ2n) is 34.6. The third-order valence-corrected chi connectivity index (χ3v) is 21.3. The van der Waals surface area contributed by atoms with Crippen molar-refractivity contribution in [3.05, 3.63) is 356 Å². The Hall–Kier alpha value is -5.00. The molecule has 0 heterocycles. The van der Waals surface area contributed by atoms with Gasteiger partial charge in [0.15, 0.2) is 0 Å². The van der Waals surface area contributed by atoms with Crippen LogP contribution in [0.2, 0.25) is 55.2 Å². The van der Waals surface area contributed by atoms with Crippen molar-refractivity contribution in [2.24, 2.45) is 5.92 Å². The number of benzene rings is 12. The summed E-state index contributed by atoms with van der Waals surface area (Å²) in [7, 11) is 0. The van der Waals surface area contributed by atoms with Gasteiger partial charge in [-0.05, 0) is 177 Å². The summed E-state index contributed by atoms with van der Waals surface area (Å²) in [4.78, 5) is 0. The van der Waals surface area contributed by atoms with Gasteiger partial charge in [-0.15, -0.1) is 0 Å². The van der Waals surface area contributed by atoms with Crippen molar-refractivity contribution in [1.29, 1.82) is 0 Å². The van der Waals surface area contributed by atoms with Crippen molar-refractivity contribution in [3.63, 3.8) is 0 Å². The SMILES string of the molecule is CC(C)(C)c1ccccc1-c1c(Cl)cccc1Cl.CC(C)(C)c1ccccc1-c1cc(Cl)ccc1Cl.CC(C)(C)c1ccccc1-c1ccc(Cl)c(Cl)c1.CC(C)(C)c1ccccc1-c1ccc(Cl)cc1Cl.CC(C)(C)c1ccccc1-c1cccc(Cl)c1Cl.CC(C)(C)c1ccccc1-c1ccccc1Cl.CC(C)C.C[CH-]C.[B].[Y]. The van der Waals surface area contributed by atoms with E-state index in [0.717, 1.165) is 66.0 Å². The molecule has 0 amide bonds. The van der Waals surface area contributed by atoms with Crippen molar-refractivity contribution in [2.75, 3.05) is 0 Å². The molecule has 12 rings (SSSR count). The first-order valence-electron chi connectivity index (χ1n) is 38.5. The van der Waals surface area contributed by atoms with E-state index in [0.29, 0.717) is 45.2 Å². The van der Waals surface area contributed by atoms with Gasteiger partial charge in [0.2, 0.25) is 0 Å². The molecule has 13 heteroatoms. The minimum Gasteiger partial charge on any atom is -0.335 e. The van der Waals surface area contributed by atoms with E-state index in [2.05, 4.69) is 267 Å². The van der Waals surface area contributed by atoms with Crippen LogP contribution in [0, 0.1) is 12.3 Å². The molecule has 0 nitrogen and oxygen atoms in total. The molecule has 0 atom stereocenters. The molecule has 0 bridgehead atoms. The first-order chi connectivity index (χ1) is 53.1. The summed E-state index contributed by atoms with van der Waals surface area (Å²) < 4.78 is 0. The van der Waals surface area contributed by atoms with Gasteiger partial charge in [-0.25, -0.2) is 0 Å². The molecule has 0 aromatic heterocycles. The Bertz CT molecular complexity index is 4980. The summed E-state index contributed by atoms with van der Waals surface area (Å²) in [5.74, 6) is 0.833. The Kier molecular flexibility index (Phi) is 43.5. The van der Waals surface area contributed by atoms with Gasteiger partial charge in [0.05, 0.1) is 20.1 Å². The molecule has 0 spiro atoms. The van der Waals surface area contributed by atoms with E-state index in [9.17, 15) is 0 Å². The van der Waals surface area contributed by atoms with Gasteiger partial charge in [0.1, 0.15) is 0 Å². The van der Waals surface area contributed by atoms with Gasteiger partial charge in [-0.3, -0.25) is 0 Å². The number of hydrogen-bond donors (Lipinski definition) is 0. The molecule has 0 fully saturated rings. The first-order valence-corrected chi connectivity index (χ1v) is 42.6. The maximum Gasteiger partial charge on any atom is 0.0670 e. The molecule has 0 aliphatic heterocycles. The first kappa shape index (κ1) is 105. The van der Waals surface area contributed by atoms with Crippen LogP contribution in [0.5, 0.6) is 0 Å². The van der Waals surface area contributed by atoms with Gasteiger partial charge in [-0.2, -0.15) is 13.8 Å². The average Bonchev–Trinajstić information content (AvgIpc) is 0.819. The van der Waals surface area contributed by atoms with Crippen molar-refractivity contribution >= 4 is 136 Å². The van der Waals surface area contributed by atoms with Gasteiger partial charge < -0.3 is 6.42 Å². The summed E-state index contributed by atoms with van der Waals surface area (Å²) in [5, 5.41) is 7.40. The van der Waals surface area contributed by atoms with Crippen LogP contribution in [0.4, 0.5) is 0 Å². The molecular formula is C103H114BCl11Y-. The van der Waals surface area contributed by atoms with E-state index < -0.39 is 0 Å². The van der Waals surface area contributed by atoms with Crippen molar-refractivity contribution in [1.82, 2.24) is 0 Å². The van der Waals surface area contributed by atoms with Crippen LogP contribution in [0.1, 0.15) is 193 Å². The fourth-order valence-electron chi connectivity index (χ4n) is 12.5. The average molecular weight is 1840 g/mol. The largest absolute Gasteiger partial charge is 0.335 e. The van der Waals surface area contributed by atoms with Crippen molar-refractivity contribution in [2.45, 2.75) is 192 Å². The third kappa shape index (κ3) is 32.1. The van der Waals surface area contributed by atoms with Crippen LogP contribution in [0.25, 0.3) is 66.8 Å². The fourth-order valence-corrected chi connectivity index (χ4v) is 14.9. The number of rotatable bonds is 6. The Morgan fingerprint density at radius 1 is 0.224 bits per heavy atom. The van der Waals surface area contributed by atoms with Crippen LogP contribution >= 0.6 is 128 Å². The van der Waals surface area contributed by atoms with E-state index in [4.69, 9.17) is 128 Å². The molecule has 610 valence electrons. The summed E-state index contributed by atoms with van der Waals surface area (Å²) in [6.45, 7) is 50.2. The summed E-state index contributed by atoms with van der Waals surface area (Å²) >= 11 is 68.0. The zero-order valence-corrected chi connectivity index (χ0v) is 82.9. The molecule has 0 aliphatic carbocycles. The van der Waals surface area contributed by atoms with Crippen LogP contribution < -0.4 is 0 Å². The number of hydrogen-bond acceptors (Lipinski definition) is 0. The molecule has 0 unspecified atom stereocenters. The Morgan fingerprint density at radius 2 is 0.483 bits per heavy atom. The molecule has 0 saturated carbocycles. The third-order valence-electron chi connectivity index (χ3n) is 17.7.